The van der Waals surface area contributed by atoms with Crippen molar-refractivity contribution in [3.05, 3.63) is 73.3 Å². The highest BCUT2D eigenvalue weighted by molar-refractivity contribution is 7.10. The van der Waals surface area contributed by atoms with Crippen LogP contribution in [0.5, 0.6) is 0 Å². The highest BCUT2D eigenvalue weighted by atomic mass is 32.1. The fraction of sp³-hybridized carbons (Fsp3) is 0.0526. The van der Waals surface area contributed by atoms with E-state index in [9.17, 15) is 4.79 Å². The molecule has 2 aliphatic heterocycles. The second-order valence-electron chi connectivity index (χ2n) is 5.98. The molecule has 5 rings (SSSR count). The molecule has 2 aromatic heterocycles. The van der Waals surface area contributed by atoms with Gasteiger partial charge in [-0.15, -0.1) is 5.10 Å². The maximum absolute atomic E-state index is 11.4. The molecule has 0 bridgehead atoms. The van der Waals surface area contributed by atoms with Crippen LogP contribution in [0.1, 0.15) is 5.76 Å². The van der Waals surface area contributed by atoms with Gasteiger partial charge in [0.15, 0.2) is 5.82 Å². The van der Waals surface area contributed by atoms with Gasteiger partial charge in [-0.25, -0.2) is 19.7 Å². The molecule has 2 aliphatic rings. The molecule has 31 heavy (non-hydrogen) atoms. The average Bonchev–Trinajstić information content (AvgIpc) is 3.56. The zero-order chi connectivity index (χ0) is 21.3. The Kier molecular flexibility index (Phi) is 6.40. The largest absolute Gasteiger partial charge is 0.467 e. The van der Waals surface area contributed by atoms with Crippen LogP contribution in [0.4, 0.5) is 21.3 Å². The molecule has 0 atom stereocenters. The van der Waals surface area contributed by atoms with Gasteiger partial charge in [-0.1, -0.05) is 22.7 Å². The molecule has 1 aromatic carbocycles. The lowest BCUT2D eigenvalue weighted by molar-refractivity contribution is 0.262. The van der Waals surface area contributed by atoms with E-state index in [1.165, 1.54) is 12.5 Å². The molecule has 2 amide bonds. The van der Waals surface area contributed by atoms with Crippen LogP contribution in [0.25, 0.3) is 11.5 Å². The molecule has 12 heteroatoms. The van der Waals surface area contributed by atoms with Gasteiger partial charge in [0.1, 0.15) is 28.6 Å². The summed E-state index contributed by atoms with van der Waals surface area (Å²) in [5, 5.41) is 12.7. The number of hydrogen-bond acceptors (Lipinski definition) is 9. The number of fused-ring (bicyclic) bond motifs is 1. The van der Waals surface area contributed by atoms with E-state index in [0.29, 0.717) is 17.4 Å². The van der Waals surface area contributed by atoms with Crippen LogP contribution < -0.4 is 16.0 Å². The molecule has 3 aromatic rings. The number of amides is 2. The Morgan fingerprint density at radius 1 is 1.06 bits per heavy atom. The van der Waals surface area contributed by atoms with Crippen molar-refractivity contribution in [3.8, 4) is 11.5 Å². The van der Waals surface area contributed by atoms with Crippen LogP contribution in [0, 0.1) is 0 Å². The van der Waals surface area contributed by atoms with E-state index in [4.69, 9.17) is 4.42 Å². The van der Waals surface area contributed by atoms with Gasteiger partial charge in [0.25, 0.3) is 0 Å². The molecule has 0 saturated carbocycles. The minimum absolute atomic E-state index is 0.299. The molecule has 11 nitrogen and oxygen atoms in total. The summed E-state index contributed by atoms with van der Waals surface area (Å²) in [4.78, 5) is 26.6. The van der Waals surface area contributed by atoms with Gasteiger partial charge < -0.3 is 20.0 Å². The number of aromatic nitrogens is 6. The molecular weight excluding hydrogens is 418 g/mol. The van der Waals surface area contributed by atoms with Gasteiger partial charge in [-0.3, -0.25) is 5.32 Å². The maximum Gasteiger partial charge on any atom is 0.324 e. The number of hydrogen-bond donors (Lipinski definition) is 4. The van der Waals surface area contributed by atoms with Crippen LogP contribution in [0.3, 0.4) is 0 Å². The minimum Gasteiger partial charge on any atom is -0.467 e. The van der Waals surface area contributed by atoms with Crippen LogP contribution in [-0.4, -0.2) is 35.6 Å². The van der Waals surface area contributed by atoms with Crippen molar-refractivity contribution >= 4 is 34.1 Å². The van der Waals surface area contributed by atoms with Gasteiger partial charge >= 0.3 is 6.03 Å². The molecule has 0 aliphatic carbocycles. The zero-order valence-corrected chi connectivity index (χ0v) is 16.8. The maximum atomic E-state index is 11.4. The second-order valence-corrected chi connectivity index (χ2v) is 6.77. The zero-order valence-electron chi connectivity index (χ0n) is 16.0. The third-order valence-corrected chi connectivity index (χ3v) is 4.44. The number of aromatic amines is 1. The number of imidazole rings is 1. The van der Waals surface area contributed by atoms with Crippen molar-refractivity contribution in [1.29, 1.82) is 0 Å². The fourth-order valence-corrected chi connectivity index (χ4v) is 2.91. The van der Waals surface area contributed by atoms with E-state index in [0.717, 1.165) is 34.5 Å². The lowest BCUT2D eigenvalue weighted by atomic mass is 10.3. The van der Waals surface area contributed by atoms with E-state index in [1.54, 1.807) is 12.6 Å². The molecule has 0 saturated heterocycles. The quantitative estimate of drug-likeness (QED) is 0.327. The van der Waals surface area contributed by atoms with Gasteiger partial charge in [0.05, 0.1) is 25.3 Å². The first-order chi connectivity index (χ1) is 15.3. The van der Waals surface area contributed by atoms with Crippen LogP contribution in [-0.2, 0) is 6.54 Å². The van der Waals surface area contributed by atoms with Crippen molar-refractivity contribution in [1.82, 2.24) is 29.5 Å². The molecule has 4 heterocycles. The Hall–Kier alpha value is -4.32. The van der Waals surface area contributed by atoms with Crippen molar-refractivity contribution in [2.24, 2.45) is 0 Å². The Morgan fingerprint density at radius 2 is 1.97 bits per heavy atom. The normalized spacial score (nSPS) is 10.2. The van der Waals surface area contributed by atoms with Crippen LogP contribution in [0.15, 0.2) is 72.0 Å². The molecule has 0 unspecified atom stereocenters. The summed E-state index contributed by atoms with van der Waals surface area (Å²) < 4.78 is 8.85. The summed E-state index contributed by atoms with van der Waals surface area (Å²) in [6.45, 7) is 0.593. The number of benzene rings is 1. The SMILES string of the molecule is O=C(Nc1ccccc1)Nc1cnns1.c1coc(CNc2[nH]cnc3ncnc2-3)c1. The number of nitrogens with one attached hydrogen (secondary N) is 4. The predicted molar refractivity (Wildman–Crippen MR) is 116 cm³/mol. The van der Waals surface area contributed by atoms with Gasteiger partial charge in [-0.2, -0.15) is 0 Å². The predicted octanol–water partition coefficient (Wildman–Crippen LogP) is 3.69. The van der Waals surface area contributed by atoms with E-state index >= 15 is 0 Å². The summed E-state index contributed by atoms with van der Waals surface area (Å²) in [6.07, 6.45) is 6.21. The number of para-hydroxylation sites is 1. The highest BCUT2D eigenvalue weighted by Crippen LogP contribution is 2.21. The molecular formula is C19H17N9O2S. The number of urea groups is 1. The minimum atomic E-state index is -0.299. The van der Waals surface area contributed by atoms with Gasteiger partial charge in [0, 0.05) is 17.2 Å². The lowest BCUT2D eigenvalue weighted by Crippen LogP contribution is -2.18. The van der Waals surface area contributed by atoms with Crippen molar-refractivity contribution in [2.75, 3.05) is 16.0 Å². The third-order valence-electron chi connectivity index (χ3n) is 3.86. The average molecular weight is 435 g/mol. The van der Waals surface area contributed by atoms with E-state index in [1.807, 2.05) is 42.5 Å². The van der Waals surface area contributed by atoms with E-state index < -0.39 is 0 Å². The van der Waals surface area contributed by atoms with E-state index in [2.05, 4.69) is 45.5 Å². The number of H-pyrrole nitrogens is 1. The number of nitrogens with zero attached hydrogens (tertiary/aromatic N) is 5. The summed E-state index contributed by atoms with van der Waals surface area (Å²) in [7, 11) is 0. The van der Waals surface area contributed by atoms with Gasteiger partial charge in [-0.05, 0) is 24.3 Å². The standard InChI is InChI=1S/C10H9N5O.C9H8N4OS/c1-2-7(16-3-1)4-11-9-8-10(13-5-12-8)15-6-14-9;14-9(12-8-6-10-13-15-8)11-7-4-2-1-3-5-7/h1-3,5-6H,4H2,(H2,11,12,13,14,15);1-6H,(H2,11,12,14). The van der Waals surface area contributed by atoms with Crippen molar-refractivity contribution in [3.63, 3.8) is 0 Å². The number of anilines is 3. The first kappa shape index (κ1) is 20.0. The van der Waals surface area contributed by atoms with E-state index in [-0.39, 0.29) is 6.03 Å². The molecule has 0 fully saturated rings. The topological polar surface area (TPSA) is 147 Å². The molecule has 4 N–H and O–H groups in total. The van der Waals surface area contributed by atoms with Crippen LogP contribution >= 0.6 is 11.5 Å². The smallest absolute Gasteiger partial charge is 0.324 e. The number of furan rings is 1. The Morgan fingerprint density at radius 3 is 2.74 bits per heavy atom. The lowest BCUT2D eigenvalue weighted by Gasteiger charge is -2.06. The first-order valence-electron chi connectivity index (χ1n) is 9.08. The molecule has 0 radical (unpaired) electrons. The Balaban J connectivity index is 0.000000150. The van der Waals surface area contributed by atoms with Crippen molar-refractivity contribution in [2.45, 2.75) is 6.54 Å². The summed E-state index contributed by atoms with van der Waals surface area (Å²) >= 11 is 1.13. The third kappa shape index (κ3) is 5.61. The Bertz CT molecular complexity index is 1160. The summed E-state index contributed by atoms with van der Waals surface area (Å²) in [6, 6.07) is 12.7. The summed E-state index contributed by atoms with van der Waals surface area (Å²) in [5.74, 6) is 2.28. The number of rotatable bonds is 5. The summed E-state index contributed by atoms with van der Waals surface area (Å²) in [5.41, 5.74) is 1.47. The number of carbonyl (C=O) groups is 1. The fourth-order valence-electron chi connectivity index (χ4n) is 2.50. The monoisotopic (exact) mass is 435 g/mol. The Labute approximate surface area is 180 Å². The molecule has 0 spiro atoms. The van der Waals surface area contributed by atoms with Crippen molar-refractivity contribution < 1.29 is 9.21 Å². The molecule has 156 valence electrons. The second kappa shape index (κ2) is 9.93. The van der Waals surface area contributed by atoms with Gasteiger partial charge in [0.2, 0.25) is 0 Å². The van der Waals surface area contributed by atoms with Crippen LogP contribution in [0.2, 0.25) is 0 Å². The first-order valence-corrected chi connectivity index (χ1v) is 9.86. The number of carbonyl (C=O) groups excluding carboxylic acids is 1. The highest BCUT2D eigenvalue weighted by Gasteiger charge is 2.12.